The lowest BCUT2D eigenvalue weighted by atomic mass is 10.1. The Hall–Kier alpha value is -3.08. The maximum absolute atomic E-state index is 12.9. The van der Waals surface area contributed by atoms with Gasteiger partial charge in [-0.25, -0.2) is 14.9 Å². The third-order valence-electron chi connectivity index (χ3n) is 3.10. The fourth-order valence-electron chi connectivity index (χ4n) is 2.03. The molecule has 0 aliphatic heterocycles. The van der Waals surface area contributed by atoms with Crippen LogP contribution in [0.2, 0.25) is 0 Å². The number of halogens is 3. The molecule has 0 aliphatic carbocycles. The first-order valence-electron chi connectivity index (χ1n) is 7.38. The molecular weight excluding hydrogens is 353 g/mol. The maximum Gasteiger partial charge on any atom is 0.416 e. The van der Waals surface area contributed by atoms with Gasteiger partial charge in [0.2, 0.25) is 0 Å². The van der Waals surface area contributed by atoms with Crippen LogP contribution in [0.3, 0.4) is 0 Å². The van der Waals surface area contributed by atoms with E-state index in [9.17, 15) is 22.8 Å². The second-order valence-electron chi connectivity index (χ2n) is 5.55. The van der Waals surface area contributed by atoms with Crippen molar-refractivity contribution in [3.05, 3.63) is 42.2 Å². The number of nitrogens with zero attached hydrogens (tertiary/aromatic N) is 3. The largest absolute Gasteiger partial charge is 0.416 e. The molecule has 1 aromatic carbocycles. The Morgan fingerprint density at radius 3 is 2.54 bits per heavy atom. The summed E-state index contributed by atoms with van der Waals surface area (Å²) in [6.45, 7) is 0.0301. The minimum absolute atomic E-state index is 0.0301. The van der Waals surface area contributed by atoms with Gasteiger partial charge in [-0.1, -0.05) is 0 Å². The smallest absolute Gasteiger partial charge is 0.304 e. The third kappa shape index (κ3) is 5.21. The molecule has 26 heavy (non-hydrogen) atoms. The summed E-state index contributed by atoms with van der Waals surface area (Å²) in [4.78, 5) is 25.0. The van der Waals surface area contributed by atoms with Gasteiger partial charge >= 0.3 is 12.2 Å². The number of carbonyl (C=O) groups excluding carboxylic acids is 2. The lowest BCUT2D eigenvalue weighted by molar-refractivity contribution is -0.137. The highest BCUT2D eigenvalue weighted by atomic mass is 19.4. The van der Waals surface area contributed by atoms with E-state index in [1.165, 1.54) is 23.1 Å². The first-order valence-corrected chi connectivity index (χ1v) is 7.38. The van der Waals surface area contributed by atoms with Gasteiger partial charge in [0.25, 0.3) is 5.91 Å². The van der Waals surface area contributed by atoms with Crippen LogP contribution in [-0.4, -0.2) is 47.3 Å². The van der Waals surface area contributed by atoms with E-state index in [0.717, 1.165) is 12.1 Å². The molecule has 0 radical (unpaired) electrons. The van der Waals surface area contributed by atoms with Gasteiger partial charge in [-0.15, -0.1) is 0 Å². The van der Waals surface area contributed by atoms with Crippen LogP contribution in [0.1, 0.15) is 5.56 Å². The second-order valence-corrected chi connectivity index (χ2v) is 5.55. The highest BCUT2D eigenvalue weighted by molar-refractivity contribution is 5.93. The number of alkyl halides is 3. The number of hydrazine groups is 1. The number of carbonyl (C=O) groups is 2. The van der Waals surface area contributed by atoms with E-state index in [1.807, 2.05) is 0 Å². The number of aromatic nitrogens is 2. The predicted molar refractivity (Wildman–Crippen MR) is 87.4 cm³/mol. The minimum atomic E-state index is -4.57. The minimum Gasteiger partial charge on any atom is -0.304 e. The fraction of sp³-hybridized carbons (Fsp3) is 0.267. The van der Waals surface area contributed by atoms with Gasteiger partial charge in [0, 0.05) is 12.4 Å². The first-order chi connectivity index (χ1) is 12.2. The molecule has 0 saturated heterocycles. The Kier molecular flexibility index (Phi) is 5.82. The zero-order chi connectivity index (χ0) is 19.3. The average molecular weight is 370 g/mol. The summed E-state index contributed by atoms with van der Waals surface area (Å²) < 4.78 is 40.1. The normalized spacial score (nSPS) is 11.3. The van der Waals surface area contributed by atoms with Crippen LogP contribution in [0.15, 0.2) is 36.7 Å². The van der Waals surface area contributed by atoms with Gasteiger partial charge in [0.15, 0.2) is 0 Å². The van der Waals surface area contributed by atoms with Crippen molar-refractivity contribution < 1.29 is 22.8 Å². The van der Waals surface area contributed by atoms with Gasteiger partial charge < -0.3 is 10.2 Å². The second kappa shape index (κ2) is 7.87. The molecule has 2 aromatic rings. The Balaban J connectivity index is 2.17. The zero-order valence-electron chi connectivity index (χ0n) is 14.0. The van der Waals surface area contributed by atoms with Gasteiger partial charge in [-0.05, 0) is 38.4 Å². The van der Waals surface area contributed by atoms with Crippen molar-refractivity contribution in [1.82, 2.24) is 25.5 Å². The first kappa shape index (κ1) is 19.2. The third-order valence-corrected chi connectivity index (χ3v) is 3.10. The van der Waals surface area contributed by atoms with Crippen LogP contribution >= 0.6 is 0 Å². The zero-order valence-corrected chi connectivity index (χ0v) is 14.0. The predicted octanol–water partition coefficient (Wildman–Crippen LogP) is 1.61. The number of urea groups is 1. The van der Waals surface area contributed by atoms with E-state index in [2.05, 4.69) is 21.3 Å². The number of nitrogens with one attached hydrogen (secondary N) is 3. The lowest BCUT2D eigenvalue weighted by Crippen LogP contribution is -2.47. The van der Waals surface area contributed by atoms with Crippen LogP contribution in [0.25, 0.3) is 5.69 Å². The SMILES string of the molecule is CN(C)CC(=O)NNC(=O)Nc1cc(C(F)(F)F)ccc1-n1cccn1. The molecule has 8 nitrogen and oxygen atoms in total. The summed E-state index contributed by atoms with van der Waals surface area (Å²) in [6, 6.07) is 3.56. The van der Waals surface area contributed by atoms with Crippen molar-refractivity contribution in [2.75, 3.05) is 26.0 Å². The lowest BCUT2D eigenvalue weighted by Gasteiger charge is -2.16. The highest BCUT2D eigenvalue weighted by Crippen LogP contribution is 2.33. The number of rotatable bonds is 4. The van der Waals surface area contributed by atoms with E-state index < -0.39 is 23.7 Å². The number of hydrogen-bond donors (Lipinski definition) is 3. The average Bonchev–Trinajstić information content (AvgIpc) is 3.05. The molecule has 0 saturated carbocycles. The van der Waals surface area contributed by atoms with Crippen LogP contribution in [0.4, 0.5) is 23.7 Å². The molecule has 140 valence electrons. The molecule has 0 unspecified atom stereocenters. The number of benzene rings is 1. The van der Waals surface area contributed by atoms with Crippen molar-refractivity contribution in [3.63, 3.8) is 0 Å². The van der Waals surface area contributed by atoms with E-state index in [4.69, 9.17) is 0 Å². The number of anilines is 1. The monoisotopic (exact) mass is 370 g/mol. The number of hydrogen-bond acceptors (Lipinski definition) is 4. The van der Waals surface area contributed by atoms with Gasteiger partial charge in [-0.2, -0.15) is 18.3 Å². The Labute approximate surface area is 146 Å². The molecule has 3 N–H and O–H groups in total. The highest BCUT2D eigenvalue weighted by Gasteiger charge is 2.31. The van der Waals surface area contributed by atoms with E-state index >= 15 is 0 Å². The molecule has 0 aliphatic rings. The summed E-state index contributed by atoms with van der Waals surface area (Å²) in [6.07, 6.45) is -1.61. The van der Waals surface area contributed by atoms with Crippen LogP contribution in [0.5, 0.6) is 0 Å². The Morgan fingerprint density at radius 1 is 1.23 bits per heavy atom. The standard InChI is InChI=1S/C15H17F3N6O2/c1-23(2)9-13(25)21-22-14(26)20-11-8-10(15(16,17)18)4-5-12(11)24-7-3-6-19-24/h3-8H,9H2,1-2H3,(H,21,25)(H2,20,22,26). The summed E-state index contributed by atoms with van der Waals surface area (Å²) in [5.41, 5.74) is 3.41. The molecule has 3 amide bonds. The van der Waals surface area contributed by atoms with E-state index in [1.54, 1.807) is 25.1 Å². The molecule has 0 fully saturated rings. The number of amides is 3. The van der Waals surface area contributed by atoms with E-state index in [0.29, 0.717) is 0 Å². The van der Waals surface area contributed by atoms with Crippen LogP contribution < -0.4 is 16.2 Å². The molecule has 2 rings (SSSR count). The van der Waals surface area contributed by atoms with E-state index in [-0.39, 0.29) is 17.9 Å². The van der Waals surface area contributed by atoms with Crippen LogP contribution in [-0.2, 0) is 11.0 Å². The van der Waals surface area contributed by atoms with Crippen LogP contribution in [0, 0.1) is 0 Å². The number of likely N-dealkylation sites (N-methyl/N-ethyl adjacent to an activating group) is 1. The summed E-state index contributed by atoms with van der Waals surface area (Å²) in [5, 5.41) is 6.22. The Morgan fingerprint density at radius 2 is 1.96 bits per heavy atom. The van der Waals surface area contributed by atoms with Gasteiger partial charge in [-0.3, -0.25) is 10.2 Å². The summed E-state index contributed by atoms with van der Waals surface area (Å²) >= 11 is 0. The fourth-order valence-corrected chi connectivity index (χ4v) is 2.03. The molecule has 1 heterocycles. The Bertz CT molecular complexity index is 774. The molecule has 1 aromatic heterocycles. The molecule has 11 heteroatoms. The molecule has 0 spiro atoms. The van der Waals surface area contributed by atoms with Gasteiger partial charge in [0.05, 0.1) is 23.5 Å². The van der Waals surface area contributed by atoms with Gasteiger partial charge in [0.1, 0.15) is 0 Å². The van der Waals surface area contributed by atoms with Crippen molar-refractivity contribution in [2.24, 2.45) is 0 Å². The molecule has 0 bridgehead atoms. The van der Waals surface area contributed by atoms with Crippen molar-refractivity contribution >= 4 is 17.6 Å². The molecular formula is C15H17F3N6O2. The maximum atomic E-state index is 12.9. The quantitative estimate of drug-likeness (QED) is 0.713. The summed E-state index contributed by atoms with van der Waals surface area (Å²) in [5.74, 6) is -0.485. The van der Waals surface area contributed by atoms with Crippen molar-refractivity contribution in [3.8, 4) is 5.69 Å². The van der Waals surface area contributed by atoms with Crippen molar-refractivity contribution in [1.29, 1.82) is 0 Å². The topological polar surface area (TPSA) is 91.3 Å². The van der Waals surface area contributed by atoms with Crippen molar-refractivity contribution in [2.45, 2.75) is 6.18 Å². The molecule has 0 atom stereocenters. The summed E-state index contributed by atoms with van der Waals surface area (Å²) in [7, 11) is 3.33.